The zero-order chi connectivity index (χ0) is 23.6. The Morgan fingerprint density at radius 2 is 1.52 bits per heavy atom. The molecule has 7 heteroatoms. The number of alkyl halides is 1. The molecule has 3 aromatic carbocycles. The van der Waals surface area contributed by atoms with E-state index in [0.29, 0.717) is 16.7 Å². The Morgan fingerprint density at radius 1 is 0.970 bits per heavy atom. The molecule has 0 bridgehead atoms. The molecule has 0 saturated heterocycles. The maximum absolute atomic E-state index is 16.8. The number of ether oxygens (including phenoxy) is 1. The van der Waals surface area contributed by atoms with E-state index < -0.39 is 28.3 Å². The Kier molecular flexibility index (Phi) is 5.87. The second-order valence-electron chi connectivity index (χ2n) is 7.56. The minimum atomic E-state index is -3.03. The van der Waals surface area contributed by atoms with Gasteiger partial charge in [-0.25, -0.2) is 9.18 Å². The van der Waals surface area contributed by atoms with Gasteiger partial charge in [0.2, 0.25) is 5.78 Å². The van der Waals surface area contributed by atoms with Crippen molar-refractivity contribution in [1.29, 1.82) is 0 Å². The summed E-state index contributed by atoms with van der Waals surface area (Å²) in [6.07, 6.45) is 0. The standard InChI is InChI=1S/C26H20FNO5/c1-2-33-25(30)26(27)23(19-13-15-20(16-14-19)28(31)32)21(17-9-5-3-6-10-17)22(24(26)29)18-11-7-4-8-12-18/h3-16,23H,2H2,1H3/t23-,26+/m0/s1. The lowest BCUT2D eigenvalue weighted by atomic mass is 9.79. The molecule has 166 valence electrons. The molecule has 0 fully saturated rings. The maximum atomic E-state index is 16.8. The van der Waals surface area contributed by atoms with Crippen molar-refractivity contribution in [1.82, 2.24) is 0 Å². The number of ketones is 1. The van der Waals surface area contributed by atoms with E-state index in [2.05, 4.69) is 0 Å². The van der Waals surface area contributed by atoms with E-state index in [9.17, 15) is 19.7 Å². The first-order valence-electron chi connectivity index (χ1n) is 10.4. The third-order valence-corrected chi connectivity index (χ3v) is 5.67. The number of Topliss-reactive ketones (excluding diaryl/α,β-unsaturated/α-hetero) is 1. The molecule has 33 heavy (non-hydrogen) atoms. The van der Waals surface area contributed by atoms with Gasteiger partial charge in [-0.2, -0.15) is 0 Å². The largest absolute Gasteiger partial charge is 0.463 e. The maximum Gasteiger partial charge on any atom is 0.353 e. The quantitative estimate of drug-likeness (QED) is 0.227. The van der Waals surface area contributed by atoms with Crippen LogP contribution >= 0.6 is 0 Å². The van der Waals surface area contributed by atoms with Crippen molar-refractivity contribution >= 4 is 28.6 Å². The van der Waals surface area contributed by atoms with Gasteiger partial charge >= 0.3 is 5.97 Å². The highest BCUT2D eigenvalue weighted by Crippen LogP contribution is 2.54. The van der Waals surface area contributed by atoms with Gasteiger partial charge in [-0.3, -0.25) is 14.9 Å². The van der Waals surface area contributed by atoms with E-state index in [-0.39, 0.29) is 23.4 Å². The summed E-state index contributed by atoms with van der Waals surface area (Å²) in [4.78, 5) is 37.1. The molecule has 2 atom stereocenters. The SMILES string of the molecule is CCOC(=O)[C@]1(F)C(=O)C(c2ccccc2)=C(c2ccccc2)[C@@H]1c1ccc([N+](=O)[O-])cc1. The van der Waals surface area contributed by atoms with Crippen LogP contribution < -0.4 is 0 Å². The van der Waals surface area contributed by atoms with Crippen LogP contribution in [0.4, 0.5) is 10.1 Å². The van der Waals surface area contributed by atoms with Crippen molar-refractivity contribution in [2.24, 2.45) is 0 Å². The minimum absolute atomic E-state index is 0.0840. The van der Waals surface area contributed by atoms with Crippen molar-refractivity contribution in [3.05, 3.63) is 112 Å². The average molecular weight is 445 g/mol. The summed E-state index contributed by atoms with van der Waals surface area (Å²) in [6.45, 7) is 1.43. The first kappa shape index (κ1) is 22.1. The number of hydrogen-bond acceptors (Lipinski definition) is 5. The van der Waals surface area contributed by atoms with Gasteiger partial charge in [-0.05, 0) is 29.2 Å². The number of non-ortho nitro benzene ring substituents is 1. The molecular formula is C26H20FNO5. The van der Waals surface area contributed by atoms with Crippen LogP contribution in [0, 0.1) is 10.1 Å². The number of halogens is 1. The molecule has 0 N–H and O–H groups in total. The van der Waals surface area contributed by atoms with Gasteiger partial charge < -0.3 is 4.74 Å². The van der Waals surface area contributed by atoms with Crippen LogP contribution in [0.15, 0.2) is 84.9 Å². The fraction of sp³-hybridized carbons (Fsp3) is 0.154. The monoisotopic (exact) mass is 445 g/mol. The first-order chi connectivity index (χ1) is 15.9. The lowest BCUT2D eigenvalue weighted by Crippen LogP contribution is -2.45. The van der Waals surface area contributed by atoms with Crippen LogP contribution in [-0.4, -0.2) is 29.0 Å². The van der Waals surface area contributed by atoms with Gasteiger partial charge in [0.15, 0.2) is 0 Å². The minimum Gasteiger partial charge on any atom is -0.463 e. The van der Waals surface area contributed by atoms with Gasteiger partial charge in [0.1, 0.15) is 0 Å². The number of allylic oxidation sites excluding steroid dienone is 2. The number of benzene rings is 3. The fourth-order valence-electron chi connectivity index (χ4n) is 4.23. The fourth-order valence-corrected chi connectivity index (χ4v) is 4.23. The second kappa shape index (κ2) is 8.78. The summed E-state index contributed by atoms with van der Waals surface area (Å²) in [6, 6.07) is 22.6. The Bertz CT molecular complexity index is 1240. The van der Waals surface area contributed by atoms with E-state index >= 15 is 4.39 Å². The van der Waals surface area contributed by atoms with Crippen LogP contribution in [-0.2, 0) is 14.3 Å². The smallest absolute Gasteiger partial charge is 0.353 e. The molecule has 3 aromatic rings. The van der Waals surface area contributed by atoms with Gasteiger partial charge in [0.25, 0.3) is 11.4 Å². The molecule has 0 amide bonds. The van der Waals surface area contributed by atoms with Crippen LogP contribution in [0.5, 0.6) is 0 Å². The average Bonchev–Trinajstić information content (AvgIpc) is 3.08. The molecular weight excluding hydrogens is 425 g/mol. The molecule has 0 saturated carbocycles. The van der Waals surface area contributed by atoms with Crippen LogP contribution in [0.25, 0.3) is 11.1 Å². The van der Waals surface area contributed by atoms with Crippen LogP contribution in [0.1, 0.15) is 29.5 Å². The molecule has 1 aliphatic carbocycles. The number of nitro benzene ring substituents is 1. The third-order valence-electron chi connectivity index (χ3n) is 5.67. The van der Waals surface area contributed by atoms with E-state index in [1.165, 1.54) is 31.2 Å². The molecule has 0 aromatic heterocycles. The van der Waals surface area contributed by atoms with Gasteiger partial charge in [0, 0.05) is 17.7 Å². The normalized spacial score (nSPS) is 20.1. The molecule has 0 spiro atoms. The molecule has 1 aliphatic rings. The highest BCUT2D eigenvalue weighted by molar-refractivity contribution is 6.41. The van der Waals surface area contributed by atoms with Crippen molar-refractivity contribution in [2.75, 3.05) is 6.61 Å². The number of esters is 1. The first-order valence-corrected chi connectivity index (χ1v) is 10.4. The number of rotatable bonds is 6. The number of carbonyl (C=O) groups excluding carboxylic acids is 2. The van der Waals surface area contributed by atoms with Crippen molar-refractivity contribution in [3.8, 4) is 0 Å². The summed E-state index contributed by atoms with van der Waals surface area (Å²) < 4.78 is 21.8. The molecule has 0 unspecified atom stereocenters. The van der Waals surface area contributed by atoms with E-state index in [4.69, 9.17) is 4.74 Å². The van der Waals surface area contributed by atoms with Crippen LogP contribution in [0.2, 0.25) is 0 Å². The van der Waals surface area contributed by atoms with Gasteiger partial charge in [-0.1, -0.05) is 72.8 Å². The van der Waals surface area contributed by atoms with Gasteiger partial charge in [-0.15, -0.1) is 0 Å². The molecule has 0 aliphatic heterocycles. The second-order valence-corrected chi connectivity index (χ2v) is 7.56. The Balaban J connectivity index is 2.03. The number of nitrogens with zero attached hydrogens (tertiary/aromatic N) is 1. The predicted molar refractivity (Wildman–Crippen MR) is 121 cm³/mol. The predicted octanol–water partition coefficient (Wildman–Crippen LogP) is 5.14. The Hall–Kier alpha value is -4.13. The summed E-state index contributed by atoms with van der Waals surface area (Å²) in [5.74, 6) is -3.62. The molecule has 0 heterocycles. The van der Waals surface area contributed by atoms with E-state index in [1.807, 2.05) is 0 Å². The summed E-state index contributed by atoms with van der Waals surface area (Å²) in [5.41, 5.74) is -1.50. The Labute approximate surface area is 189 Å². The summed E-state index contributed by atoms with van der Waals surface area (Å²) >= 11 is 0. The zero-order valence-electron chi connectivity index (χ0n) is 17.7. The number of hydrogen-bond donors (Lipinski definition) is 0. The summed E-state index contributed by atoms with van der Waals surface area (Å²) in [7, 11) is 0. The molecule has 4 rings (SSSR count). The molecule has 0 radical (unpaired) electrons. The summed E-state index contributed by atoms with van der Waals surface area (Å²) in [5, 5.41) is 11.1. The van der Waals surface area contributed by atoms with E-state index in [1.54, 1.807) is 60.7 Å². The highest BCUT2D eigenvalue weighted by Gasteiger charge is 2.62. The Morgan fingerprint density at radius 3 is 2.03 bits per heavy atom. The van der Waals surface area contributed by atoms with Gasteiger partial charge in [0.05, 0.1) is 17.4 Å². The lowest BCUT2D eigenvalue weighted by molar-refractivity contribution is -0.384. The number of carbonyl (C=O) groups is 2. The third kappa shape index (κ3) is 3.71. The van der Waals surface area contributed by atoms with Crippen molar-refractivity contribution in [3.63, 3.8) is 0 Å². The highest BCUT2D eigenvalue weighted by atomic mass is 19.1. The molecule has 6 nitrogen and oxygen atoms in total. The number of nitro groups is 1. The van der Waals surface area contributed by atoms with Crippen molar-refractivity contribution in [2.45, 2.75) is 18.5 Å². The zero-order valence-corrected chi connectivity index (χ0v) is 17.7. The topological polar surface area (TPSA) is 86.5 Å². The van der Waals surface area contributed by atoms with Crippen molar-refractivity contribution < 1.29 is 23.6 Å². The van der Waals surface area contributed by atoms with Crippen LogP contribution in [0.3, 0.4) is 0 Å². The lowest BCUT2D eigenvalue weighted by Gasteiger charge is -2.26. The van der Waals surface area contributed by atoms with E-state index in [0.717, 1.165) is 0 Å².